The summed E-state index contributed by atoms with van der Waals surface area (Å²) in [6.45, 7) is 3.31. The predicted molar refractivity (Wildman–Crippen MR) is 106 cm³/mol. The second-order valence-electron chi connectivity index (χ2n) is 6.81. The molecule has 1 aliphatic rings. The third-order valence-corrected chi connectivity index (χ3v) is 4.65. The Morgan fingerprint density at radius 3 is 2.35 bits per heavy atom. The molecule has 0 aliphatic carbocycles. The normalized spacial score (nSPS) is 13.9. The number of carbonyl (C=O) groups excluding carboxylic acids is 1. The van der Waals surface area contributed by atoms with Gasteiger partial charge in [-0.1, -0.05) is 12.1 Å². The number of rotatable bonds is 7. The number of nitrogens with zero attached hydrogens (tertiary/aromatic N) is 2. The Hall–Kier alpha value is -2.53. The first kappa shape index (κ1) is 18.3. The van der Waals surface area contributed by atoms with Gasteiger partial charge >= 0.3 is 0 Å². The molecule has 0 aromatic heterocycles. The van der Waals surface area contributed by atoms with E-state index in [-0.39, 0.29) is 5.91 Å². The first-order valence-corrected chi connectivity index (χ1v) is 9.10. The SMILES string of the molecule is COc1ccc(CN(C)CC(=O)Nc2ccc(N3CCCC3)cc2)cc1. The molecule has 3 rings (SSSR count). The number of hydrogen-bond donors (Lipinski definition) is 1. The third-order valence-electron chi connectivity index (χ3n) is 4.65. The van der Waals surface area contributed by atoms with Crippen LogP contribution in [0, 0.1) is 0 Å². The average Bonchev–Trinajstić information content (AvgIpc) is 3.17. The smallest absolute Gasteiger partial charge is 0.238 e. The van der Waals surface area contributed by atoms with Crippen LogP contribution in [0.4, 0.5) is 11.4 Å². The molecule has 0 saturated carbocycles. The standard InChI is InChI=1S/C21H27N3O2/c1-23(15-17-5-11-20(26-2)12-6-17)16-21(25)22-18-7-9-19(10-8-18)24-13-3-4-14-24/h5-12H,3-4,13-16H2,1-2H3,(H,22,25). The minimum absolute atomic E-state index is 0.00469. The molecule has 0 atom stereocenters. The minimum Gasteiger partial charge on any atom is -0.497 e. The molecule has 26 heavy (non-hydrogen) atoms. The molecule has 1 saturated heterocycles. The summed E-state index contributed by atoms with van der Waals surface area (Å²) >= 11 is 0. The van der Waals surface area contributed by atoms with Gasteiger partial charge in [0.25, 0.3) is 0 Å². The number of ether oxygens (including phenoxy) is 1. The summed E-state index contributed by atoms with van der Waals surface area (Å²) in [6, 6.07) is 16.0. The highest BCUT2D eigenvalue weighted by Gasteiger charge is 2.12. The monoisotopic (exact) mass is 353 g/mol. The lowest BCUT2D eigenvalue weighted by molar-refractivity contribution is -0.117. The van der Waals surface area contributed by atoms with Gasteiger partial charge in [-0.2, -0.15) is 0 Å². The molecule has 2 aromatic rings. The highest BCUT2D eigenvalue weighted by molar-refractivity contribution is 5.92. The number of hydrogen-bond acceptors (Lipinski definition) is 4. The molecular formula is C21H27N3O2. The molecule has 1 aliphatic heterocycles. The molecule has 138 valence electrons. The molecule has 1 N–H and O–H groups in total. The zero-order chi connectivity index (χ0) is 18.4. The summed E-state index contributed by atoms with van der Waals surface area (Å²) in [4.78, 5) is 16.7. The highest BCUT2D eigenvalue weighted by Crippen LogP contribution is 2.22. The fourth-order valence-electron chi connectivity index (χ4n) is 3.28. The maximum Gasteiger partial charge on any atom is 0.238 e. The van der Waals surface area contributed by atoms with Crippen LogP contribution < -0.4 is 15.0 Å². The van der Waals surface area contributed by atoms with Crippen LogP contribution in [0.1, 0.15) is 18.4 Å². The Labute approximate surface area is 155 Å². The Bertz CT molecular complexity index is 707. The van der Waals surface area contributed by atoms with Crippen LogP contribution in [0.15, 0.2) is 48.5 Å². The number of nitrogens with one attached hydrogen (secondary N) is 1. The zero-order valence-corrected chi connectivity index (χ0v) is 15.6. The van der Waals surface area contributed by atoms with Gasteiger partial charge in [0.2, 0.25) is 5.91 Å². The molecule has 1 fully saturated rings. The van der Waals surface area contributed by atoms with E-state index >= 15 is 0 Å². The molecule has 2 aromatic carbocycles. The van der Waals surface area contributed by atoms with Gasteiger partial charge in [0.15, 0.2) is 0 Å². The molecule has 0 spiro atoms. The first-order chi connectivity index (χ1) is 12.6. The van der Waals surface area contributed by atoms with Gasteiger partial charge in [0.05, 0.1) is 13.7 Å². The number of carbonyl (C=O) groups is 1. The highest BCUT2D eigenvalue weighted by atomic mass is 16.5. The fraction of sp³-hybridized carbons (Fsp3) is 0.381. The van der Waals surface area contributed by atoms with Gasteiger partial charge in [-0.3, -0.25) is 9.69 Å². The fourth-order valence-corrected chi connectivity index (χ4v) is 3.28. The van der Waals surface area contributed by atoms with Crippen LogP contribution in [0.3, 0.4) is 0 Å². The summed E-state index contributed by atoms with van der Waals surface area (Å²) in [5, 5.41) is 2.98. The van der Waals surface area contributed by atoms with E-state index in [9.17, 15) is 4.79 Å². The van der Waals surface area contributed by atoms with E-state index in [1.165, 1.54) is 18.5 Å². The Morgan fingerprint density at radius 1 is 1.08 bits per heavy atom. The van der Waals surface area contributed by atoms with E-state index in [2.05, 4.69) is 22.3 Å². The quantitative estimate of drug-likeness (QED) is 0.829. The zero-order valence-electron chi connectivity index (χ0n) is 15.6. The number of benzene rings is 2. The molecule has 5 nitrogen and oxygen atoms in total. The van der Waals surface area contributed by atoms with Crippen molar-refractivity contribution in [3.63, 3.8) is 0 Å². The number of anilines is 2. The summed E-state index contributed by atoms with van der Waals surface area (Å²) in [7, 11) is 3.60. The number of likely N-dealkylation sites (N-methyl/N-ethyl adjacent to an activating group) is 1. The summed E-state index contributed by atoms with van der Waals surface area (Å²) in [6.07, 6.45) is 2.53. The molecule has 5 heteroatoms. The maximum atomic E-state index is 12.3. The van der Waals surface area contributed by atoms with Crippen molar-refractivity contribution < 1.29 is 9.53 Å². The minimum atomic E-state index is -0.00469. The first-order valence-electron chi connectivity index (χ1n) is 9.10. The van der Waals surface area contributed by atoms with E-state index in [1.807, 2.05) is 48.3 Å². The van der Waals surface area contributed by atoms with E-state index < -0.39 is 0 Å². The second kappa shape index (κ2) is 8.72. The lowest BCUT2D eigenvalue weighted by atomic mass is 10.2. The lowest BCUT2D eigenvalue weighted by Crippen LogP contribution is -2.29. The molecule has 1 heterocycles. The van der Waals surface area contributed by atoms with Crippen molar-refractivity contribution in [3.05, 3.63) is 54.1 Å². The van der Waals surface area contributed by atoms with E-state index in [4.69, 9.17) is 4.74 Å². The molecule has 0 unspecified atom stereocenters. The van der Waals surface area contributed by atoms with Crippen LogP contribution in [-0.4, -0.2) is 44.6 Å². The van der Waals surface area contributed by atoms with Crippen molar-refractivity contribution in [2.45, 2.75) is 19.4 Å². The van der Waals surface area contributed by atoms with Crippen molar-refractivity contribution in [2.75, 3.05) is 44.0 Å². The van der Waals surface area contributed by atoms with E-state index in [1.54, 1.807) is 7.11 Å². The number of amides is 1. The van der Waals surface area contributed by atoms with Crippen molar-refractivity contribution in [1.82, 2.24) is 4.90 Å². The van der Waals surface area contributed by atoms with Gasteiger partial charge in [-0.25, -0.2) is 0 Å². The van der Waals surface area contributed by atoms with E-state index in [0.717, 1.165) is 30.1 Å². The van der Waals surface area contributed by atoms with Crippen molar-refractivity contribution in [3.8, 4) is 5.75 Å². The Morgan fingerprint density at radius 2 is 1.73 bits per heavy atom. The van der Waals surface area contributed by atoms with Gasteiger partial charge in [-0.15, -0.1) is 0 Å². The molecular weight excluding hydrogens is 326 g/mol. The molecule has 1 amide bonds. The van der Waals surface area contributed by atoms with Crippen LogP contribution in [0.25, 0.3) is 0 Å². The van der Waals surface area contributed by atoms with Gasteiger partial charge in [0.1, 0.15) is 5.75 Å². The topological polar surface area (TPSA) is 44.8 Å². The summed E-state index contributed by atoms with van der Waals surface area (Å²) in [5.74, 6) is 0.835. The predicted octanol–water partition coefficient (Wildman–Crippen LogP) is 3.37. The second-order valence-corrected chi connectivity index (χ2v) is 6.81. The van der Waals surface area contributed by atoms with Crippen molar-refractivity contribution in [1.29, 1.82) is 0 Å². The Kier molecular flexibility index (Phi) is 6.12. The van der Waals surface area contributed by atoms with Crippen molar-refractivity contribution >= 4 is 17.3 Å². The van der Waals surface area contributed by atoms with Crippen LogP contribution >= 0.6 is 0 Å². The molecule has 0 bridgehead atoms. The van der Waals surface area contributed by atoms with Gasteiger partial charge in [0, 0.05) is 31.0 Å². The Balaban J connectivity index is 1.47. The lowest BCUT2D eigenvalue weighted by Gasteiger charge is -2.19. The van der Waals surface area contributed by atoms with E-state index in [0.29, 0.717) is 13.1 Å². The van der Waals surface area contributed by atoms with Crippen LogP contribution in [0.2, 0.25) is 0 Å². The molecule has 0 radical (unpaired) electrons. The average molecular weight is 353 g/mol. The van der Waals surface area contributed by atoms with Crippen molar-refractivity contribution in [2.24, 2.45) is 0 Å². The van der Waals surface area contributed by atoms with Crippen LogP contribution in [0.5, 0.6) is 5.75 Å². The van der Waals surface area contributed by atoms with Gasteiger partial charge < -0.3 is 15.0 Å². The number of methoxy groups -OCH3 is 1. The summed E-state index contributed by atoms with van der Waals surface area (Å²) < 4.78 is 5.17. The van der Waals surface area contributed by atoms with Gasteiger partial charge in [-0.05, 0) is 61.9 Å². The third kappa shape index (κ3) is 4.99. The summed E-state index contributed by atoms with van der Waals surface area (Å²) in [5.41, 5.74) is 3.23. The van der Waals surface area contributed by atoms with Crippen LogP contribution in [-0.2, 0) is 11.3 Å². The largest absolute Gasteiger partial charge is 0.497 e. The maximum absolute atomic E-state index is 12.3.